The molecule has 3 amide bonds. The molecule has 0 spiro atoms. The number of carboxylic acids is 1. The van der Waals surface area contributed by atoms with E-state index in [0.29, 0.717) is 0 Å². The van der Waals surface area contributed by atoms with Crippen molar-refractivity contribution >= 4 is 34.8 Å². The molecule has 206 valence electrons. The van der Waals surface area contributed by atoms with Crippen LogP contribution in [0.15, 0.2) is 91.1 Å². The van der Waals surface area contributed by atoms with Gasteiger partial charge in [0.2, 0.25) is 11.8 Å². The summed E-state index contributed by atoms with van der Waals surface area (Å²) in [5, 5.41) is 18.1. The zero-order valence-electron chi connectivity index (χ0n) is 21.6. The molecule has 0 saturated carbocycles. The van der Waals surface area contributed by atoms with Crippen molar-refractivity contribution in [1.82, 2.24) is 20.9 Å². The summed E-state index contributed by atoms with van der Waals surface area (Å²) in [6.07, 6.45) is 1.15. The lowest BCUT2D eigenvalue weighted by Gasteiger charge is -2.19. The van der Waals surface area contributed by atoms with Crippen LogP contribution in [0.1, 0.15) is 16.7 Å². The van der Waals surface area contributed by atoms with Gasteiger partial charge < -0.3 is 30.8 Å². The first kappa shape index (κ1) is 27.9. The number of aromatic amines is 1. The van der Waals surface area contributed by atoms with Crippen LogP contribution in [0.2, 0.25) is 0 Å². The molecule has 0 unspecified atom stereocenters. The minimum Gasteiger partial charge on any atom is -0.480 e. The average Bonchev–Trinajstić information content (AvgIpc) is 3.38. The summed E-state index contributed by atoms with van der Waals surface area (Å²) in [5.74, 6) is -2.49. The molecule has 4 rings (SSSR count). The summed E-state index contributed by atoms with van der Waals surface area (Å²) < 4.78 is 5.25. The summed E-state index contributed by atoms with van der Waals surface area (Å²) in [7, 11) is 0. The lowest BCUT2D eigenvalue weighted by molar-refractivity contribution is -0.141. The zero-order chi connectivity index (χ0) is 28.3. The Hall–Kier alpha value is -5.12. The number of amides is 3. The number of ether oxygens (including phenoxy) is 1. The minimum atomic E-state index is -1.20. The largest absolute Gasteiger partial charge is 0.480 e. The predicted octanol–water partition coefficient (Wildman–Crippen LogP) is 2.93. The summed E-state index contributed by atoms with van der Waals surface area (Å²) in [6, 6.07) is 23.4. The fourth-order valence-electron chi connectivity index (χ4n) is 4.22. The van der Waals surface area contributed by atoms with E-state index in [-0.39, 0.29) is 19.4 Å². The quantitative estimate of drug-likeness (QED) is 0.186. The number of rotatable bonds is 12. The summed E-state index contributed by atoms with van der Waals surface area (Å²) >= 11 is 0. The Morgan fingerprint density at radius 1 is 0.775 bits per heavy atom. The number of nitrogens with one attached hydrogen (secondary N) is 4. The van der Waals surface area contributed by atoms with Crippen molar-refractivity contribution in [3.05, 3.63) is 108 Å². The number of hydrogen-bond acceptors (Lipinski definition) is 5. The van der Waals surface area contributed by atoms with Crippen LogP contribution in [0.25, 0.3) is 10.9 Å². The van der Waals surface area contributed by atoms with Crippen LogP contribution in [0.4, 0.5) is 4.79 Å². The highest BCUT2D eigenvalue weighted by molar-refractivity contribution is 5.91. The number of alkyl carbamates (subject to hydrolysis) is 1. The maximum Gasteiger partial charge on any atom is 0.408 e. The zero-order valence-corrected chi connectivity index (χ0v) is 21.6. The third-order valence-electron chi connectivity index (χ3n) is 6.26. The Bertz CT molecular complexity index is 1450. The van der Waals surface area contributed by atoms with Gasteiger partial charge in [0.05, 0.1) is 6.54 Å². The Morgan fingerprint density at radius 2 is 1.43 bits per heavy atom. The van der Waals surface area contributed by atoms with Gasteiger partial charge in [-0.2, -0.15) is 0 Å². The Labute approximate surface area is 230 Å². The van der Waals surface area contributed by atoms with E-state index in [2.05, 4.69) is 20.9 Å². The van der Waals surface area contributed by atoms with E-state index in [9.17, 15) is 24.3 Å². The maximum absolute atomic E-state index is 13.0. The van der Waals surface area contributed by atoms with Gasteiger partial charge in [0.15, 0.2) is 0 Å². The second-order valence-corrected chi connectivity index (χ2v) is 9.19. The monoisotopic (exact) mass is 542 g/mol. The Kier molecular flexibility index (Phi) is 9.49. The molecule has 2 atom stereocenters. The molecule has 40 heavy (non-hydrogen) atoms. The van der Waals surface area contributed by atoms with E-state index in [1.54, 1.807) is 6.20 Å². The van der Waals surface area contributed by atoms with Gasteiger partial charge in [-0.1, -0.05) is 78.9 Å². The summed E-state index contributed by atoms with van der Waals surface area (Å²) in [4.78, 5) is 53.0. The summed E-state index contributed by atoms with van der Waals surface area (Å²) in [5.41, 5.74) is 3.19. The van der Waals surface area contributed by atoms with Gasteiger partial charge in [0, 0.05) is 29.9 Å². The fourth-order valence-corrected chi connectivity index (χ4v) is 4.22. The molecular weight excluding hydrogens is 512 g/mol. The fraction of sp³-hybridized carbons (Fsp3) is 0.200. The van der Waals surface area contributed by atoms with Crippen molar-refractivity contribution in [2.45, 2.75) is 31.5 Å². The van der Waals surface area contributed by atoms with Crippen molar-refractivity contribution < 1.29 is 29.0 Å². The first-order valence-electron chi connectivity index (χ1n) is 12.7. The lowest BCUT2D eigenvalue weighted by Crippen LogP contribution is -2.51. The third kappa shape index (κ3) is 7.94. The Balaban J connectivity index is 1.34. The number of carboxylic acid groups (broad SMARTS) is 1. The molecule has 3 aromatic carbocycles. The molecule has 10 heteroatoms. The van der Waals surface area contributed by atoms with E-state index in [4.69, 9.17) is 4.74 Å². The molecule has 5 N–H and O–H groups in total. The van der Waals surface area contributed by atoms with Gasteiger partial charge >= 0.3 is 12.1 Å². The molecule has 0 fully saturated rings. The van der Waals surface area contributed by atoms with Crippen LogP contribution in [0.5, 0.6) is 0 Å². The molecule has 0 aliphatic carbocycles. The number of aromatic nitrogens is 1. The van der Waals surface area contributed by atoms with Crippen molar-refractivity contribution in [2.75, 3.05) is 6.54 Å². The second kappa shape index (κ2) is 13.6. The molecule has 0 saturated heterocycles. The standard InChI is InChI=1S/C30H30N4O6/c35-27(33-26(29(37)38)16-22-17-31-24-14-8-7-13-23(22)24)18-32-28(36)25(15-20-9-3-1-4-10-20)34-30(39)40-19-21-11-5-2-6-12-21/h1-14,17,25-26,31H,15-16,18-19H2,(H,32,36)(H,33,35)(H,34,39)(H,37,38)/t25-,26+/m1/s1. The van der Waals surface area contributed by atoms with E-state index in [1.165, 1.54) is 0 Å². The molecule has 10 nitrogen and oxygen atoms in total. The number of para-hydroxylation sites is 1. The van der Waals surface area contributed by atoms with Gasteiger partial charge in [-0.15, -0.1) is 0 Å². The van der Waals surface area contributed by atoms with Crippen molar-refractivity contribution in [1.29, 1.82) is 0 Å². The highest BCUT2D eigenvalue weighted by Crippen LogP contribution is 2.19. The maximum atomic E-state index is 13.0. The number of fused-ring (bicyclic) bond motifs is 1. The van der Waals surface area contributed by atoms with Gasteiger partial charge in [-0.3, -0.25) is 9.59 Å². The number of benzene rings is 3. The van der Waals surface area contributed by atoms with Crippen molar-refractivity contribution in [2.24, 2.45) is 0 Å². The van der Waals surface area contributed by atoms with Crippen LogP contribution in [-0.2, 0) is 38.6 Å². The second-order valence-electron chi connectivity index (χ2n) is 9.19. The number of H-pyrrole nitrogens is 1. The number of aliphatic carboxylic acids is 1. The predicted molar refractivity (Wildman–Crippen MR) is 148 cm³/mol. The van der Waals surface area contributed by atoms with Gasteiger partial charge in [0.25, 0.3) is 0 Å². The van der Waals surface area contributed by atoms with Gasteiger partial charge in [-0.25, -0.2) is 9.59 Å². The van der Waals surface area contributed by atoms with Crippen molar-refractivity contribution in [3.8, 4) is 0 Å². The van der Waals surface area contributed by atoms with E-state index >= 15 is 0 Å². The molecule has 0 aliphatic heterocycles. The molecule has 0 bridgehead atoms. The average molecular weight is 543 g/mol. The first-order chi connectivity index (χ1) is 19.4. The van der Waals surface area contributed by atoms with Gasteiger partial charge in [0.1, 0.15) is 18.7 Å². The normalized spacial score (nSPS) is 12.2. The number of carbonyl (C=O) groups excluding carboxylic acids is 3. The SMILES string of the molecule is O=C(CNC(=O)[C@@H](Cc1ccccc1)NC(=O)OCc1ccccc1)N[C@@H](Cc1c[nH]c2ccccc12)C(=O)O. The third-order valence-corrected chi connectivity index (χ3v) is 6.26. The first-order valence-corrected chi connectivity index (χ1v) is 12.7. The highest BCUT2D eigenvalue weighted by atomic mass is 16.5. The Morgan fingerprint density at radius 3 is 2.12 bits per heavy atom. The van der Waals surface area contributed by atoms with Gasteiger partial charge in [-0.05, 0) is 22.8 Å². The molecule has 1 aromatic heterocycles. The number of carbonyl (C=O) groups is 4. The number of hydrogen-bond donors (Lipinski definition) is 5. The molecular formula is C30H30N4O6. The molecule has 0 radical (unpaired) electrons. The van der Waals surface area contributed by atoms with E-state index < -0.39 is 42.5 Å². The molecule has 0 aliphatic rings. The van der Waals surface area contributed by atoms with Crippen LogP contribution in [-0.4, -0.2) is 52.6 Å². The summed E-state index contributed by atoms with van der Waals surface area (Å²) in [6.45, 7) is -0.440. The minimum absolute atomic E-state index is 0.0295. The van der Waals surface area contributed by atoms with E-state index in [0.717, 1.165) is 27.6 Å². The van der Waals surface area contributed by atoms with Crippen LogP contribution in [0.3, 0.4) is 0 Å². The molecule has 1 heterocycles. The lowest BCUT2D eigenvalue weighted by atomic mass is 10.0. The van der Waals surface area contributed by atoms with Crippen LogP contribution < -0.4 is 16.0 Å². The topological polar surface area (TPSA) is 150 Å². The van der Waals surface area contributed by atoms with Crippen LogP contribution in [0, 0.1) is 0 Å². The van der Waals surface area contributed by atoms with E-state index in [1.807, 2.05) is 84.9 Å². The highest BCUT2D eigenvalue weighted by Gasteiger charge is 2.25. The smallest absolute Gasteiger partial charge is 0.408 e. The molecule has 4 aromatic rings. The van der Waals surface area contributed by atoms with Crippen molar-refractivity contribution in [3.63, 3.8) is 0 Å². The van der Waals surface area contributed by atoms with Crippen LogP contribution >= 0.6 is 0 Å².